The summed E-state index contributed by atoms with van der Waals surface area (Å²) in [6, 6.07) is 12.5. The Bertz CT molecular complexity index is 671. The largest absolute Gasteiger partial charge is 0.395 e. The fraction of sp³-hybridized carbons (Fsp3) is 0.368. The number of hydrogen-bond donors (Lipinski definition) is 2. The summed E-state index contributed by atoms with van der Waals surface area (Å²) in [6.45, 7) is 4.31. The van der Waals surface area contributed by atoms with Crippen LogP contribution >= 0.6 is 11.3 Å². The average Bonchev–Trinajstić information content (AvgIpc) is 3.14. The van der Waals surface area contributed by atoms with Gasteiger partial charge in [0.2, 0.25) is 5.91 Å². The first-order chi connectivity index (χ1) is 12.0. The van der Waals surface area contributed by atoms with Crippen LogP contribution in [0.25, 0.3) is 0 Å². The third-order valence-corrected chi connectivity index (χ3v) is 4.73. The maximum atomic E-state index is 13.0. The lowest BCUT2D eigenvalue weighted by Crippen LogP contribution is -2.51. The smallest absolute Gasteiger partial charge is 0.262 e. The maximum absolute atomic E-state index is 13.0. The zero-order valence-corrected chi connectivity index (χ0v) is 15.3. The number of hydrogen-bond acceptors (Lipinski definition) is 4. The molecule has 1 atom stereocenters. The first kappa shape index (κ1) is 19.1. The molecule has 2 aromatic rings. The van der Waals surface area contributed by atoms with E-state index in [9.17, 15) is 14.7 Å². The van der Waals surface area contributed by atoms with Gasteiger partial charge in [0.05, 0.1) is 11.5 Å². The van der Waals surface area contributed by atoms with E-state index in [0.29, 0.717) is 11.4 Å². The number of aliphatic hydroxyl groups excluding tert-OH is 1. The van der Waals surface area contributed by atoms with Crippen molar-refractivity contribution in [3.05, 3.63) is 58.3 Å². The van der Waals surface area contributed by atoms with Crippen molar-refractivity contribution in [1.82, 2.24) is 10.2 Å². The summed E-state index contributed by atoms with van der Waals surface area (Å²) in [5, 5.41) is 14.0. The van der Waals surface area contributed by atoms with Gasteiger partial charge in [-0.2, -0.15) is 0 Å². The third kappa shape index (κ3) is 5.41. The highest BCUT2D eigenvalue weighted by Crippen LogP contribution is 2.13. The van der Waals surface area contributed by atoms with Gasteiger partial charge in [0.25, 0.3) is 5.91 Å². The molecular formula is C19H24N2O3S. The minimum Gasteiger partial charge on any atom is -0.395 e. The summed E-state index contributed by atoms with van der Waals surface area (Å²) in [5.41, 5.74) is 0.983. The van der Waals surface area contributed by atoms with Gasteiger partial charge in [0.15, 0.2) is 0 Å². The van der Waals surface area contributed by atoms with Crippen molar-refractivity contribution in [3.63, 3.8) is 0 Å². The number of benzene rings is 1. The number of rotatable bonds is 8. The summed E-state index contributed by atoms with van der Waals surface area (Å²) in [6.07, 6.45) is 0. The molecule has 0 saturated carbocycles. The minimum atomic E-state index is -0.634. The summed E-state index contributed by atoms with van der Waals surface area (Å²) in [5.74, 6) is -0.489. The number of aliphatic hydroxyl groups is 1. The van der Waals surface area contributed by atoms with Gasteiger partial charge in [-0.25, -0.2) is 0 Å². The second kappa shape index (κ2) is 9.34. The summed E-state index contributed by atoms with van der Waals surface area (Å²) in [7, 11) is 0. The second-order valence-electron chi connectivity index (χ2n) is 6.14. The minimum absolute atomic E-state index is 0.0617. The van der Waals surface area contributed by atoms with Gasteiger partial charge in [0.1, 0.15) is 6.04 Å². The molecule has 6 heteroatoms. The zero-order chi connectivity index (χ0) is 18.2. The van der Waals surface area contributed by atoms with E-state index >= 15 is 0 Å². The van der Waals surface area contributed by atoms with Gasteiger partial charge in [0, 0.05) is 13.1 Å². The number of carbonyl (C=O) groups is 2. The molecule has 0 bridgehead atoms. The first-order valence-corrected chi connectivity index (χ1v) is 9.18. The Morgan fingerprint density at radius 2 is 1.88 bits per heavy atom. The molecule has 0 spiro atoms. The van der Waals surface area contributed by atoms with Crippen molar-refractivity contribution in [1.29, 1.82) is 0 Å². The molecule has 134 valence electrons. The van der Waals surface area contributed by atoms with E-state index in [4.69, 9.17) is 0 Å². The molecule has 1 aromatic heterocycles. The van der Waals surface area contributed by atoms with Gasteiger partial charge < -0.3 is 15.3 Å². The molecule has 0 saturated heterocycles. The van der Waals surface area contributed by atoms with Crippen molar-refractivity contribution >= 4 is 23.2 Å². The van der Waals surface area contributed by atoms with Gasteiger partial charge in [-0.1, -0.05) is 50.2 Å². The van der Waals surface area contributed by atoms with E-state index in [2.05, 4.69) is 5.32 Å². The Kier molecular flexibility index (Phi) is 7.16. The Morgan fingerprint density at radius 1 is 1.16 bits per heavy atom. The molecule has 25 heavy (non-hydrogen) atoms. The number of carbonyl (C=O) groups excluding carboxylic acids is 2. The van der Waals surface area contributed by atoms with E-state index in [-0.39, 0.29) is 30.9 Å². The highest BCUT2D eigenvalue weighted by atomic mass is 32.1. The Hall–Kier alpha value is -2.18. The average molecular weight is 360 g/mol. The Balaban J connectivity index is 2.13. The SMILES string of the molecule is CC(C)C(NC(=O)c1cccs1)C(=O)N(CCO)Cc1ccccc1. The standard InChI is InChI=1S/C19H24N2O3S/c1-14(2)17(20-18(23)16-9-6-12-25-16)19(24)21(10-11-22)13-15-7-4-3-5-8-15/h3-9,12,14,17,22H,10-11,13H2,1-2H3,(H,20,23). The summed E-state index contributed by atoms with van der Waals surface area (Å²) >= 11 is 1.34. The van der Waals surface area contributed by atoms with Crippen LogP contribution in [0.4, 0.5) is 0 Å². The predicted molar refractivity (Wildman–Crippen MR) is 99.4 cm³/mol. The maximum Gasteiger partial charge on any atom is 0.262 e. The number of amides is 2. The first-order valence-electron chi connectivity index (χ1n) is 8.31. The molecule has 0 fully saturated rings. The van der Waals surface area contributed by atoms with Crippen molar-refractivity contribution in [2.24, 2.45) is 5.92 Å². The monoisotopic (exact) mass is 360 g/mol. The molecule has 2 rings (SSSR count). The lowest BCUT2D eigenvalue weighted by atomic mass is 10.0. The van der Waals surface area contributed by atoms with Crippen molar-refractivity contribution < 1.29 is 14.7 Å². The fourth-order valence-corrected chi connectivity index (χ4v) is 3.15. The molecule has 2 amide bonds. The molecule has 1 heterocycles. The predicted octanol–water partition coefficient (Wildman–Crippen LogP) is 2.52. The topological polar surface area (TPSA) is 69.6 Å². The van der Waals surface area contributed by atoms with Crippen molar-refractivity contribution in [2.45, 2.75) is 26.4 Å². The van der Waals surface area contributed by atoms with Crippen LogP contribution in [0.5, 0.6) is 0 Å². The molecule has 1 unspecified atom stereocenters. The second-order valence-corrected chi connectivity index (χ2v) is 7.09. The quantitative estimate of drug-likeness (QED) is 0.760. The number of nitrogens with zero attached hydrogens (tertiary/aromatic N) is 1. The van der Waals surface area contributed by atoms with Crippen LogP contribution in [0.1, 0.15) is 29.1 Å². The summed E-state index contributed by atoms with van der Waals surface area (Å²) < 4.78 is 0. The molecular weight excluding hydrogens is 336 g/mol. The van der Waals surface area contributed by atoms with E-state index in [1.165, 1.54) is 11.3 Å². The fourth-order valence-electron chi connectivity index (χ4n) is 2.52. The van der Waals surface area contributed by atoms with Crippen LogP contribution in [-0.4, -0.2) is 41.0 Å². The molecule has 0 aliphatic heterocycles. The normalized spacial score (nSPS) is 12.0. The highest BCUT2D eigenvalue weighted by Gasteiger charge is 2.29. The van der Waals surface area contributed by atoms with Crippen molar-refractivity contribution in [2.75, 3.05) is 13.2 Å². The highest BCUT2D eigenvalue weighted by molar-refractivity contribution is 7.12. The summed E-state index contributed by atoms with van der Waals surface area (Å²) in [4.78, 5) is 27.5. The third-order valence-electron chi connectivity index (χ3n) is 3.86. The Morgan fingerprint density at radius 3 is 2.44 bits per heavy atom. The van der Waals surface area contributed by atoms with Gasteiger partial charge in [-0.3, -0.25) is 9.59 Å². The molecule has 0 aliphatic carbocycles. The van der Waals surface area contributed by atoms with Crippen LogP contribution in [0.2, 0.25) is 0 Å². The van der Waals surface area contributed by atoms with Crippen LogP contribution in [-0.2, 0) is 11.3 Å². The molecule has 0 aliphatic rings. The van der Waals surface area contributed by atoms with Gasteiger partial charge >= 0.3 is 0 Å². The lowest BCUT2D eigenvalue weighted by Gasteiger charge is -2.29. The van der Waals surface area contributed by atoms with Crippen LogP contribution in [0.15, 0.2) is 47.8 Å². The lowest BCUT2D eigenvalue weighted by molar-refractivity contribution is -0.135. The van der Waals surface area contributed by atoms with Crippen LogP contribution in [0, 0.1) is 5.92 Å². The van der Waals surface area contributed by atoms with E-state index in [1.54, 1.807) is 17.0 Å². The van der Waals surface area contributed by atoms with E-state index in [1.807, 2.05) is 49.6 Å². The molecule has 1 aromatic carbocycles. The molecule has 2 N–H and O–H groups in total. The van der Waals surface area contributed by atoms with E-state index in [0.717, 1.165) is 5.56 Å². The van der Waals surface area contributed by atoms with Crippen LogP contribution in [0.3, 0.4) is 0 Å². The Labute approximate surface area is 152 Å². The molecule has 5 nitrogen and oxygen atoms in total. The van der Waals surface area contributed by atoms with Gasteiger partial charge in [-0.05, 0) is 22.9 Å². The zero-order valence-electron chi connectivity index (χ0n) is 14.5. The number of thiophene rings is 1. The van der Waals surface area contributed by atoms with Crippen molar-refractivity contribution in [3.8, 4) is 0 Å². The molecule has 0 radical (unpaired) electrons. The number of nitrogens with one attached hydrogen (secondary N) is 1. The van der Waals surface area contributed by atoms with Gasteiger partial charge in [-0.15, -0.1) is 11.3 Å². The van der Waals surface area contributed by atoms with E-state index < -0.39 is 6.04 Å². The van der Waals surface area contributed by atoms with Crippen LogP contribution < -0.4 is 5.32 Å².